The molecule has 9 heavy (non-hydrogen) atoms. The predicted molar refractivity (Wildman–Crippen MR) is 34.8 cm³/mol. The lowest BCUT2D eigenvalue weighted by atomic mass is 10.3. The van der Waals surface area contributed by atoms with E-state index in [1.165, 1.54) is 0 Å². The largest absolute Gasteiger partial charge is 0.481 e. The van der Waals surface area contributed by atoms with Crippen LogP contribution in [0.15, 0.2) is 0 Å². The summed E-state index contributed by atoms with van der Waals surface area (Å²) in [5, 5.41) is 11.1. The fourth-order valence-corrected chi connectivity index (χ4v) is 0.486. The average molecular weight is 130 g/mol. The number of carbonyl (C=O) groups is 1. The van der Waals surface area contributed by atoms with Crippen molar-refractivity contribution in [3.05, 3.63) is 6.54 Å². The van der Waals surface area contributed by atoms with Crippen LogP contribution < -0.4 is 5.32 Å². The van der Waals surface area contributed by atoms with E-state index >= 15 is 0 Å². The van der Waals surface area contributed by atoms with Crippen molar-refractivity contribution in [1.82, 2.24) is 5.32 Å². The van der Waals surface area contributed by atoms with Gasteiger partial charge in [-0.05, 0) is 19.9 Å². The molecule has 0 aliphatic carbocycles. The van der Waals surface area contributed by atoms with Gasteiger partial charge in [-0.15, -0.1) is 0 Å². The van der Waals surface area contributed by atoms with Crippen LogP contribution in [0.1, 0.15) is 19.8 Å². The van der Waals surface area contributed by atoms with Gasteiger partial charge in [0.05, 0.1) is 0 Å². The molecule has 0 saturated carbocycles. The van der Waals surface area contributed by atoms with E-state index in [2.05, 4.69) is 5.32 Å². The van der Waals surface area contributed by atoms with E-state index in [4.69, 9.17) is 5.11 Å². The molecule has 0 spiro atoms. The van der Waals surface area contributed by atoms with Crippen molar-refractivity contribution in [2.45, 2.75) is 19.8 Å². The summed E-state index contributed by atoms with van der Waals surface area (Å²) in [6.07, 6.45) is 0.945. The van der Waals surface area contributed by atoms with Crippen molar-refractivity contribution in [3.63, 3.8) is 0 Å². The molecule has 0 aromatic rings. The zero-order valence-corrected chi connectivity index (χ0v) is 5.55. The normalized spacial score (nSPS) is 9.44. The fourth-order valence-electron chi connectivity index (χ4n) is 0.486. The minimum absolute atomic E-state index is 0.251. The number of carboxylic acid groups (broad SMARTS) is 1. The Morgan fingerprint density at radius 2 is 2.44 bits per heavy atom. The van der Waals surface area contributed by atoms with E-state index in [1.807, 2.05) is 13.5 Å². The second kappa shape index (κ2) is 5.56. The Labute approximate surface area is 55.1 Å². The summed E-state index contributed by atoms with van der Waals surface area (Å²) in [4.78, 5) is 9.92. The maximum atomic E-state index is 9.92. The van der Waals surface area contributed by atoms with Crippen LogP contribution in [0.2, 0.25) is 0 Å². The Bertz CT molecular complexity index is 83.1. The van der Waals surface area contributed by atoms with Crippen molar-refractivity contribution < 1.29 is 9.90 Å². The Hall–Kier alpha value is -0.570. The monoisotopic (exact) mass is 130 g/mol. The smallest absolute Gasteiger partial charge is 0.303 e. The van der Waals surface area contributed by atoms with Gasteiger partial charge in [-0.2, -0.15) is 0 Å². The molecule has 0 rings (SSSR count). The van der Waals surface area contributed by atoms with Crippen LogP contribution in [0.4, 0.5) is 0 Å². The second-order valence-corrected chi connectivity index (χ2v) is 1.74. The standard InChI is InChI=1S/C6H12NO2/c1-2-7-5-3-4-6(8)9/h2,7H,3-5H2,1H3,(H,8,9). The first-order valence-corrected chi connectivity index (χ1v) is 3.00. The Kier molecular flexibility index (Phi) is 5.21. The van der Waals surface area contributed by atoms with Crippen LogP contribution in [0.3, 0.4) is 0 Å². The highest BCUT2D eigenvalue weighted by Gasteiger charge is 1.93. The predicted octanol–water partition coefficient (Wildman–Crippen LogP) is 0.622. The third kappa shape index (κ3) is 7.43. The molecule has 0 aliphatic heterocycles. The molecule has 0 aromatic carbocycles. The molecular formula is C6H12NO2. The molecule has 0 unspecified atom stereocenters. The topological polar surface area (TPSA) is 49.3 Å². The van der Waals surface area contributed by atoms with Gasteiger partial charge >= 0.3 is 5.97 Å². The van der Waals surface area contributed by atoms with E-state index in [-0.39, 0.29) is 6.42 Å². The third-order valence-electron chi connectivity index (χ3n) is 0.916. The number of rotatable bonds is 5. The van der Waals surface area contributed by atoms with E-state index in [9.17, 15) is 4.79 Å². The molecule has 1 radical (unpaired) electrons. The van der Waals surface area contributed by atoms with Gasteiger partial charge in [0, 0.05) is 13.0 Å². The Morgan fingerprint density at radius 3 is 2.89 bits per heavy atom. The molecule has 0 saturated heterocycles. The molecule has 0 atom stereocenters. The van der Waals surface area contributed by atoms with E-state index in [1.54, 1.807) is 0 Å². The molecule has 0 amide bonds. The van der Waals surface area contributed by atoms with Crippen LogP contribution in [0.5, 0.6) is 0 Å². The molecule has 3 nitrogen and oxygen atoms in total. The fraction of sp³-hybridized carbons (Fsp3) is 0.667. The van der Waals surface area contributed by atoms with Crippen LogP contribution >= 0.6 is 0 Å². The summed E-state index contributed by atoms with van der Waals surface area (Å²) in [7, 11) is 0. The van der Waals surface area contributed by atoms with Gasteiger partial charge in [0.15, 0.2) is 0 Å². The van der Waals surface area contributed by atoms with Crippen molar-refractivity contribution >= 4 is 5.97 Å². The maximum Gasteiger partial charge on any atom is 0.303 e. The molecule has 0 bridgehead atoms. The third-order valence-corrected chi connectivity index (χ3v) is 0.916. The summed E-state index contributed by atoms with van der Waals surface area (Å²) in [5.41, 5.74) is 0. The highest BCUT2D eigenvalue weighted by Crippen LogP contribution is 1.85. The summed E-state index contributed by atoms with van der Waals surface area (Å²) in [5.74, 6) is -0.729. The van der Waals surface area contributed by atoms with Gasteiger partial charge in [-0.1, -0.05) is 0 Å². The first kappa shape index (κ1) is 8.43. The number of hydrogen-bond donors (Lipinski definition) is 2. The highest BCUT2D eigenvalue weighted by atomic mass is 16.4. The Morgan fingerprint density at radius 1 is 1.78 bits per heavy atom. The minimum Gasteiger partial charge on any atom is -0.481 e. The van der Waals surface area contributed by atoms with Crippen molar-refractivity contribution in [1.29, 1.82) is 0 Å². The van der Waals surface area contributed by atoms with Gasteiger partial charge in [0.25, 0.3) is 0 Å². The number of carboxylic acids is 1. The summed E-state index contributed by atoms with van der Waals surface area (Å²) >= 11 is 0. The molecule has 0 heterocycles. The average Bonchev–Trinajstić information content (AvgIpc) is 1.80. The van der Waals surface area contributed by atoms with Gasteiger partial charge in [-0.25, -0.2) is 0 Å². The minimum atomic E-state index is -0.729. The lowest BCUT2D eigenvalue weighted by molar-refractivity contribution is -0.137. The molecule has 2 N–H and O–H groups in total. The number of aliphatic carboxylic acids is 1. The van der Waals surface area contributed by atoms with Crippen LogP contribution in [-0.4, -0.2) is 17.6 Å². The zero-order chi connectivity index (χ0) is 7.11. The van der Waals surface area contributed by atoms with Crippen LogP contribution in [0.25, 0.3) is 0 Å². The lowest BCUT2D eigenvalue weighted by Gasteiger charge is -1.95. The quantitative estimate of drug-likeness (QED) is 0.536. The van der Waals surface area contributed by atoms with E-state index < -0.39 is 5.97 Å². The van der Waals surface area contributed by atoms with E-state index in [0.29, 0.717) is 6.42 Å². The maximum absolute atomic E-state index is 9.92. The molecule has 0 aliphatic rings. The number of nitrogens with one attached hydrogen (secondary N) is 1. The molecule has 0 fully saturated rings. The first-order valence-electron chi connectivity index (χ1n) is 3.00. The second-order valence-electron chi connectivity index (χ2n) is 1.74. The first-order chi connectivity index (χ1) is 4.27. The zero-order valence-electron chi connectivity index (χ0n) is 5.55. The molecule has 53 valence electrons. The summed E-state index contributed by atoms with van der Waals surface area (Å²) < 4.78 is 0. The van der Waals surface area contributed by atoms with Crippen LogP contribution in [-0.2, 0) is 4.79 Å². The van der Waals surface area contributed by atoms with Crippen molar-refractivity contribution in [3.8, 4) is 0 Å². The van der Waals surface area contributed by atoms with Gasteiger partial charge in [0.1, 0.15) is 0 Å². The van der Waals surface area contributed by atoms with E-state index in [0.717, 1.165) is 6.54 Å². The van der Waals surface area contributed by atoms with Crippen LogP contribution in [0, 0.1) is 6.54 Å². The lowest BCUT2D eigenvalue weighted by Crippen LogP contribution is -2.10. The molecule has 0 aromatic heterocycles. The summed E-state index contributed by atoms with van der Waals surface area (Å²) in [6.45, 7) is 4.44. The van der Waals surface area contributed by atoms with Crippen molar-refractivity contribution in [2.75, 3.05) is 6.54 Å². The molecular weight excluding hydrogens is 118 g/mol. The highest BCUT2D eigenvalue weighted by molar-refractivity contribution is 5.66. The number of hydrogen-bond acceptors (Lipinski definition) is 2. The van der Waals surface area contributed by atoms with Crippen molar-refractivity contribution in [2.24, 2.45) is 0 Å². The summed E-state index contributed by atoms with van der Waals surface area (Å²) in [6, 6.07) is 0. The Balaban J connectivity index is 2.83. The molecule has 3 heteroatoms. The van der Waals surface area contributed by atoms with Gasteiger partial charge < -0.3 is 10.4 Å². The SMILES string of the molecule is C[CH]NCCCC(=O)O. The van der Waals surface area contributed by atoms with Gasteiger partial charge in [0.2, 0.25) is 0 Å². The van der Waals surface area contributed by atoms with Gasteiger partial charge in [-0.3, -0.25) is 4.79 Å².